The van der Waals surface area contributed by atoms with E-state index in [1.165, 1.54) is 10.9 Å². The number of amides is 1. The van der Waals surface area contributed by atoms with E-state index in [0.717, 1.165) is 37.1 Å². The summed E-state index contributed by atoms with van der Waals surface area (Å²) in [7, 11) is 2.09. The molecule has 1 atom stereocenters. The van der Waals surface area contributed by atoms with Crippen LogP contribution in [-0.2, 0) is 0 Å². The average molecular weight is 445 g/mol. The second-order valence-corrected chi connectivity index (χ2v) is 8.49. The third-order valence-electron chi connectivity index (χ3n) is 6.45. The Bertz CT molecular complexity index is 1250. The highest BCUT2D eigenvalue weighted by Gasteiger charge is 2.26. The maximum Gasteiger partial charge on any atom is 0.280 e. The fourth-order valence-electron chi connectivity index (χ4n) is 4.35. The molecular formula is C25H28N6O2. The van der Waals surface area contributed by atoms with Crippen LogP contribution in [-0.4, -0.2) is 63.2 Å². The van der Waals surface area contributed by atoms with Gasteiger partial charge < -0.3 is 9.80 Å². The van der Waals surface area contributed by atoms with Gasteiger partial charge >= 0.3 is 0 Å². The van der Waals surface area contributed by atoms with E-state index in [1.807, 2.05) is 11.8 Å². The number of H-pyrrole nitrogens is 1. The number of carbonyl (C=O) groups excluding carboxylic acids is 1. The van der Waals surface area contributed by atoms with E-state index >= 15 is 0 Å². The first-order valence-electron chi connectivity index (χ1n) is 11.2. The van der Waals surface area contributed by atoms with Gasteiger partial charge in [0.05, 0.1) is 22.8 Å². The van der Waals surface area contributed by atoms with Crippen molar-refractivity contribution in [3.8, 4) is 23.0 Å². The Morgan fingerprint density at radius 1 is 1.30 bits per heavy atom. The number of hydrogen-bond acceptors (Lipinski definition) is 5. The molecular weight excluding hydrogens is 416 g/mol. The Hall–Kier alpha value is -3.70. The molecule has 1 fully saturated rings. The second-order valence-electron chi connectivity index (χ2n) is 8.49. The van der Waals surface area contributed by atoms with Crippen LogP contribution < -0.4 is 5.56 Å². The van der Waals surface area contributed by atoms with Crippen molar-refractivity contribution in [1.82, 2.24) is 24.6 Å². The number of aryl methyl sites for hydroxylation is 1. The Balaban J connectivity index is 1.54. The number of rotatable bonds is 5. The molecule has 3 aromatic rings. The summed E-state index contributed by atoms with van der Waals surface area (Å²) in [4.78, 5) is 34.6. The van der Waals surface area contributed by atoms with E-state index in [2.05, 4.69) is 35.0 Å². The number of likely N-dealkylation sites (N-methyl/N-ethyl adjacent to an activating group) is 1. The summed E-state index contributed by atoms with van der Waals surface area (Å²) < 4.78 is 1.36. The first-order chi connectivity index (χ1) is 15.9. The van der Waals surface area contributed by atoms with Gasteiger partial charge in [0, 0.05) is 31.5 Å². The number of piperidine rings is 1. The number of benzene rings is 1. The maximum absolute atomic E-state index is 13.0. The number of hydrogen-bond donors (Lipinski definition) is 1. The molecule has 1 aromatic carbocycles. The molecule has 1 saturated heterocycles. The molecule has 1 aliphatic rings. The molecule has 0 spiro atoms. The Morgan fingerprint density at radius 2 is 2.12 bits per heavy atom. The predicted octanol–water partition coefficient (Wildman–Crippen LogP) is 2.96. The summed E-state index contributed by atoms with van der Waals surface area (Å²) in [5.74, 6) is 0.382. The summed E-state index contributed by atoms with van der Waals surface area (Å²) in [6, 6.07) is 11.1. The monoisotopic (exact) mass is 444 g/mol. The molecule has 170 valence electrons. The number of aromatic nitrogens is 3. The summed E-state index contributed by atoms with van der Waals surface area (Å²) in [5.41, 5.74) is 2.93. The minimum atomic E-state index is -0.240. The number of nitrogens with one attached hydrogen (secondary N) is 1. The second kappa shape index (κ2) is 9.43. The van der Waals surface area contributed by atoms with Crippen molar-refractivity contribution in [1.29, 1.82) is 5.26 Å². The lowest BCUT2D eigenvalue weighted by molar-refractivity contribution is 0.0615. The molecule has 1 amide bonds. The average Bonchev–Trinajstić information content (AvgIpc) is 3.23. The number of likely N-dealkylation sites (tertiary alicyclic amines) is 1. The first-order valence-corrected chi connectivity index (χ1v) is 11.2. The molecule has 1 unspecified atom stereocenters. The molecule has 0 bridgehead atoms. The molecule has 0 saturated carbocycles. The Kier molecular flexibility index (Phi) is 6.43. The van der Waals surface area contributed by atoms with Crippen molar-refractivity contribution < 1.29 is 4.79 Å². The summed E-state index contributed by atoms with van der Waals surface area (Å²) in [6.45, 7) is 6.42. The Labute approximate surface area is 193 Å². The summed E-state index contributed by atoms with van der Waals surface area (Å²) >= 11 is 0. The fraction of sp³-hybridized carbons (Fsp3) is 0.360. The predicted molar refractivity (Wildman–Crippen MR) is 126 cm³/mol. The molecule has 1 aliphatic heterocycles. The Morgan fingerprint density at radius 3 is 2.79 bits per heavy atom. The van der Waals surface area contributed by atoms with Crippen molar-refractivity contribution in [2.75, 3.05) is 26.7 Å². The number of aromatic amines is 1. The van der Waals surface area contributed by atoms with Gasteiger partial charge in [-0.2, -0.15) is 5.26 Å². The standard InChI is InChI=1S/C25H28N6O2/c1-4-29(3)20-6-5-11-30(16-20)24(32)19-8-10-23(27-14-19)31-25(33)22(15-28-31)21-9-7-18(13-26)12-17(21)2/h7-10,12,14-15,20,28H,4-6,11,16H2,1-3H3. The summed E-state index contributed by atoms with van der Waals surface area (Å²) in [6.07, 6.45) is 5.25. The molecule has 4 rings (SSSR count). The van der Waals surface area contributed by atoms with E-state index in [0.29, 0.717) is 35.1 Å². The zero-order valence-corrected chi connectivity index (χ0v) is 19.2. The highest BCUT2D eigenvalue weighted by molar-refractivity contribution is 5.94. The van der Waals surface area contributed by atoms with Crippen molar-refractivity contribution in [3.05, 3.63) is 69.8 Å². The van der Waals surface area contributed by atoms with Crippen LogP contribution in [0.25, 0.3) is 16.9 Å². The number of nitriles is 1. The topological polar surface area (TPSA) is 98.0 Å². The highest BCUT2D eigenvalue weighted by atomic mass is 16.2. The van der Waals surface area contributed by atoms with E-state index in [9.17, 15) is 9.59 Å². The molecule has 8 heteroatoms. The molecule has 8 nitrogen and oxygen atoms in total. The fourth-order valence-corrected chi connectivity index (χ4v) is 4.35. The van der Waals surface area contributed by atoms with Gasteiger partial charge in [-0.15, -0.1) is 0 Å². The van der Waals surface area contributed by atoms with Gasteiger partial charge in [0.15, 0.2) is 5.82 Å². The van der Waals surface area contributed by atoms with Gasteiger partial charge in [-0.25, -0.2) is 9.67 Å². The number of carbonyl (C=O) groups is 1. The van der Waals surface area contributed by atoms with Crippen LogP contribution in [0.4, 0.5) is 0 Å². The molecule has 2 aromatic heterocycles. The summed E-state index contributed by atoms with van der Waals surface area (Å²) in [5, 5.41) is 12.0. The van der Waals surface area contributed by atoms with Gasteiger partial charge in [-0.3, -0.25) is 14.7 Å². The van der Waals surface area contributed by atoms with Crippen molar-refractivity contribution >= 4 is 5.91 Å². The van der Waals surface area contributed by atoms with Crippen LogP contribution in [0.15, 0.2) is 47.5 Å². The van der Waals surface area contributed by atoms with Crippen LogP contribution in [0.2, 0.25) is 0 Å². The van der Waals surface area contributed by atoms with Crippen LogP contribution >= 0.6 is 0 Å². The highest BCUT2D eigenvalue weighted by Crippen LogP contribution is 2.22. The van der Waals surface area contributed by atoms with Gasteiger partial charge in [-0.1, -0.05) is 13.0 Å². The minimum Gasteiger partial charge on any atom is -0.337 e. The number of nitrogens with zero attached hydrogens (tertiary/aromatic N) is 5. The van der Waals surface area contributed by atoms with Crippen LogP contribution in [0, 0.1) is 18.3 Å². The van der Waals surface area contributed by atoms with E-state index in [-0.39, 0.29) is 11.5 Å². The van der Waals surface area contributed by atoms with E-state index in [1.54, 1.807) is 36.5 Å². The number of pyridine rings is 1. The van der Waals surface area contributed by atoms with Gasteiger partial charge in [0.25, 0.3) is 11.5 Å². The van der Waals surface area contributed by atoms with Gasteiger partial charge in [-0.05, 0) is 68.8 Å². The SMILES string of the molecule is CCN(C)C1CCCN(C(=O)c2ccc(-n3[nH]cc(-c4ccc(C#N)cc4C)c3=O)nc2)C1. The lowest BCUT2D eigenvalue weighted by Crippen LogP contribution is -2.48. The lowest BCUT2D eigenvalue weighted by Gasteiger charge is -2.37. The zero-order valence-electron chi connectivity index (χ0n) is 19.2. The van der Waals surface area contributed by atoms with Crippen LogP contribution in [0.1, 0.15) is 41.3 Å². The minimum absolute atomic E-state index is 0.0315. The van der Waals surface area contributed by atoms with Crippen LogP contribution in [0.3, 0.4) is 0 Å². The molecule has 0 aliphatic carbocycles. The van der Waals surface area contributed by atoms with Crippen molar-refractivity contribution in [2.24, 2.45) is 0 Å². The molecule has 0 radical (unpaired) electrons. The third kappa shape index (κ3) is 4.45. The zero-order chi connectivity index (χ0) is 23.5. The van der Waals surface area contributed by atoms with Crippen molar-refractivity contribution in [2.45, 2.75) is 32.7 Å². The first kappa shape index (κ1) is 22.5. The normalized spacial score (nSPS) is 16.1. The quantitative estimate of drug-likeness (QED) is 0.652. The smallest absolute Gasteiger partial charge is 0.280 e. The van der Waals surface area contributed by atoms with Gasteiger partial charge in [0.1, 0.15) is 0 Å². The van der Waals surface area contributed by atoms with E-state index in [4.69, 9.17) is 5.26 Å². The maximum atomic E-state index is 13.0. The third-order valence-corrected chi connectivity index (χ3v) is 6.45. The lowest BCUT2D eigenvalue weighted by atomic mass is 10.0. The van der Waals surface area contributed by atoms with Gasteiger partial charge in [0.2, 0.25) is 0 Å². The largest absolute Gasteiger partial charge is 0.337 e. The molecule has 1 N–H and O–H groups in total. The van der Waals surface area contributed by atoms with Crippen LogP contribution in [0.5, 0.6) is 0 Å². The van der Waals surface area contributed by atoms with Crippen molar-refractivity contribution in [3.63, 3.8) is 0 Å². The molecule has 33 heavy (non-hydrogen) atoms. The molecule has 3 heterocycles. The van der Waals surface area contributed by atoms with E-state index < -0.39 is 0 Å².